The van der Waals surface area contributed by atoms with Crippen molar-refractivity contribution in [1.82, 2.24) is 0 Å². The molecule has 1 aromatic rings. The lowest BCUT2D eigenvalue weighted by atomic mass is 10.1. The Morgan fingerprint density at radius 2 is 2.21 bits per heavy atom. The molecule has 0 unspecified atom stereocenters. The zero-order valence-electron chi connectivity index (χ0n) is 11.5. The Morgan fingerprint density at radius 1 is 1.42 bits per heavy atom. The molecule has 19 heavy (non-hydrogen) atoms. The molecule has 0 saturated carbocycles. The lowest BCUT2D eigenvalue weighted by Gasteiger charge is -2.25. The summed E-state index contributed by atoms with van der Waals surface area (Å²) < 4.78 is 5.34. The Labute approximate surface area is 113 Å². The van der Waals surface area contributed by atoms with Gasteiger partial charge in [0.15, 0.2) is 6.61 Å². The number of anilines is 3. The number of rotatable bonds is 5. The third-order valence-electron chi connectivity index (χ3n) is 3.27. The van der Waals surface area contributed by atoms with E-state index in [-0.39, 0.29) is 12.5 Å². The van der Waals surface area contributed by atoms with E-state index in [0.717, 1.165) is 18.7 Å². The number of fused-ring (bicyclic) bond motifs is 1. The highest BCUT2D eigenvalue weighted by atomic mass is 16.5. The second-order valence-corrected chi connectivity index (χ2v) is 4.87. The smallest absolute Gasteiger partial charge is 0.262 e. The van der Waals surface area contributed by atoms with E-state index in [1.165, 1.54) is 12.8 Å². The van der Waals surface area contributed by atoms with Gasteiger partial charge in [-0.1, -0.05) is 19.8 Å². The maximum Gasteiger partial charge on any atom is 0.262 e. The predicted octanol–water partition coefficient (Wildman–Crippen LogP) is 2.23. The Hall–Kier alpha value is -1.91. The maximum absolute atomic E-state index is 11.3. The van der Waals surface area contributed by atoms with Crippen LogP contribution in [0.1, 0.15) is 26.2 Å². The second kappa shape index (κ2) is 5.82. The van der Waals surface area contributed by atoms with Crippen molar-refractivity contribution in [2.24, 2.45) is 0 Å². The van der Waals surface area contributed by atoms with Gasteiger partial charge in [-0.05, 0) is 12.5 Å². The fourth-order valence-electron chi connectivity index (χ4n) is 2.18. The summed E-state index contributed by atoms with van der Waals surface area (Å²) >= 11 is 0. The normalized spacial score (nSPS) is 13.5. The summed E-state index contributed by atoms with van der Waals surface area (Å²) in [7, 11) is 2.01. The average Bonchev–Trinajstić information content (AvgIpc) is 2.38. The fraction of sp³-hybridized carbons (Fsp3) is 0.500. The molecular formula is C14H21N3O2. The summed E-state index contributed by atoms with van der Waals surface area (Å²) in [6.07, 6.45) is 3.53. The largest absolute Gasteiger partial charge is 0.482 e. The number of benzene rings is 1. The van der Waals surface area contributed by atoms with Crippen LogP contribution in [0, 0.1) is 0 Å². The molecule has 0 spiro atoms. The van der Waals surface area contributed by atoms with Gasteiger partial charge in [0.05, 0.1) is 17.1 Å². The van der Waals surface area contributed by atoms with Crippen molar-refractivity contribution < 1.29 is 9.53 Å². The van der Waals surface area contributed by atoms with Crippen molar-refractivity contribution in [3.63, 3.8) is 0 Å². The number of hydrogen-bond donors (Lipinski definition) is 2. The molecular weight excluding hydrogens is 242 g/mol. The molecule has 0 aromatic heterocycles. The van der Waals surface area contributed by atoms with E-state index in [4.69, 9.17) is 10.5 Å². The highest BCUT2D eigenvalue weighted by molar-refractivity contribution is 5.97. The van der Waals surface area contributed by atoms with Crippen LogP contribution in [-0.4, -0.2) is 26.1 Å². The van der Waals surface area contributed by atoms with Gasteiger partial charge in [-0.3, -0.25) is 4.79 Å². The summed E-state index contributed by atoms with van der Waals surface area (Å²) in [6, 6.07) is 3.66. The molecule has 0 bridgehead atoms. The lowest BCUT2D eigenvalue weighted by Crippen LogP contribution is -2.26. The van der Waals surface area contributed by atoms with E-state index in [2.05, 4.69) is 17.1 Å². The SMILES string of the molecule is CCCCCN(C)c1cc2c(cc1N)OCC(=O)N2. The molecule has 2 rings (SSSR count). The molecule has 3 N–H and O–H groups in total. The third-order valence-corrected chi connectivity index (χ3v) is 3.27. The van der Waals surface area contributed by atoms with Gasteiger partial charge in [-0.15, -0.1) is 0 Å². The van der Waals surface area contributed by atoms with Gasteiger partial charge in [-0.2, -0.15) is 0 Å². The van der Waals surface area contributed by atoms with Crippen molar-refractivity contribution in [2.45, 2.75) is 26.2 Å². The van der Waals surface area contributed by atoms with Gasteiger partial charge in [0.1, 0.15) is 5.75 Å². The second-order valence-electron chi connectivity index (χ2n) is 4.87. The van der Waals surface area contributed by atoms with Crippen LogP contribution < -0.4 is 20.7 Å². The average molecular weight is 263 g/mol. The number of nitrogens with two attached hydrogens (primary N) is 1. The molecule has 1 amide bonds. The molecule has 1 aliphatic rings. The summed E-state index contributed by atoms with van der Waals surface area (Å²) in [5, 5.41) is 2.80. The number of nitrogens with one attached hydrogen (secondary N) is 1. The number of hydrogen-bond acceptors (Lipinski definition) is 4. The minimum atomic E-state index is -0.128. The Bertz CT molecular complexity index is 474. The zero-order chi connectivity index (χ0) is 13.8. The lowest BCUT2D eigenvalue weighted by molar-refractivity contribution is -0.118. The highest BCUT2D eigenvalue weighted by Gasteiger charge is 2.19. The van der Waals surface area contributed by atoms with Crippen LogP contribution in [-0.2, 0) is 4.79 Å². The molecule has 0 fully saturated rings. The van der Waals surface area contributed by atoms with E-state index >= 15 is 0 Å². The number of nitrogens with zero attached hydrogens (tertiary/aromatic N) is 1. The minimum Gasteiger partial charge on any atom is -0.482 e. The standard InChI is InChI=1S/C14H21N3O2/c1-3-4-5-6-17(2)12-8-11-13(7-10(12)15)19-9-14(18)16-11/h7-8H,3-6,9,15H2,1-2H3,(H,16,18). The Kier molecular flexibility index (Phi) is 4.14. The van der Waals surface area contributed by atoms with E-state index < -0.39 is 0 Å². The van der Waals surface area contributed by atoms with Crippen LogP contribution >= 0.6 is 0 Å². The predicted molar refractivity (Wildman–Crippen MR) is 77.8 cm³/mol. The molecule has 5 nitrogen and oxygen atoms in total. The first kappa shape index (κ1) is 13.5. The number of ether oxygens (including phenoxy) is 1. The van der Waals surface area contributed by atoms with Crippen molar-refractivity contribution in [2.75, 3.05) is 36.1 Å². The quantitative estimate of drug-likeness (QED) is 0.631. The van der Waals surface area contributed by atoms with Crippen LogP contribution in [0.15, 0.2) is 12.1 Å². The van der Waals surface area contributed by atoms with Crippen LogP contribution in [0.3, 0.4) is 0 Å². The number of carbonyl (C=O) groups is 1. The number of unbranched alkanes of at least 4 members (excludes halogenated alkanes) is 2. The summed E-state index contributed by atoms with van der Waals surface area (Å²) in [6.45, 7) is 3.18. The van der Waals surface area contributed by atoms with Gasteiger partial charge in [0.2, 0.25) is 0 Å². The Morgan fingerprint density at radius 3 is 2.95 bits per heavy atom. The van der Waals surface area contributed by atoms with Crippen molar-refractivity contribution >= 4 is 23.0 Å². The highest BCUT2D eigenvalue weighted by Crippen LogP contribution is 2.36. The van der Waals surface area contributed by atoms with E-state index in [9.17, 15) is 4.79 Å². The van der Waals surface area contributed by atoms with Gasteiger partial charge >= 0.3 is 0 Å². The van der Waals surface area contributed by atoms with Crippen molar-refractivity contribution in [3.8, 4) is 5.75 Å². The summed E-state index contributed by atoms with van der Waals surface area (Å²) in [5.74, 6) is 0.514. The molecule has 1 heterocycles. The minimum absolute atomic E-state index is 0.0537. The molecule has 0 saturated heterocycles. The van der Waals surface area contributed by atoms with Gasteiger partial charge in [0.25, 0.3) is 5.91 Å². The van der Waals surface area contributed by atoms with Crippen LogP contribution in [0.4, 0.5) is 17.1 Å². The summed E-state index contributed by atoms with van der Waals surface area (Å²) in [4.78, 5) is 13.4. The van der Waals surface area contributed by atoms with Crippen LogP contribution in [0.25, 0.3) is 0 Å². The number of nitrogen functional groups attached to an aromatic ring is 1. The molecule has 5 heteroatoms. The maximum atomic E-state index is 11.3. The van der Waals surface area contributed by atoms with Crippen LogP contribution in [0.2, 0.25) is 0 Å². The van der Waals surface area contributed by atoms with Crippen molar-refractivity contribution in [3.05, 3.63) is 12.1 Å². The topological polar surface area (TPSA) is 67.6 Å². The molecule has 0 aliphatic carbocycles. The number of carbonyl (C=O) groups excluding carboxylic acids is 1. The van der Waals surface area contributed by atoms with Crippen LogP contribution in [0.5, 0.6) is 5.75 Å². The monoisotopic (exact) mass is 263 g/mol. The first-order valence-electron chi connectivity index (χ1n) is 6.69. The van der Waals surface area contributed by atoms with Gasteiger partial charge < -0.3 is 20.7 Å². The zero-order valence-corrected chi connectivity index (χ0v) is 11.5. The van der Waals surface area contributed by atoms with Gasteiger partial charge in [-0.25, -0.2) is 0 Å². The van der Waals surface area contributed by atoms with Crippen molar-refractivity contribution in [1.29, 1.82) is 0 Å². The van der Waals surface area contributed by atoms with E-state index in [0.29, 0.717) is 17.1 Å². The molecule has 0 radical (unpaired) electrons. The number of amides is 1. The molecule has 1 aliphatic heterocycles. The summed E-state index contributed by atoms with van der Waals surface area (Å²) in [5.41, 5.74) is 8.35. The van der Waals surface area contributed by atoms with E-state index in [1.54, 1.807) is 6.07 Å². The molecule has 1 aromatic carbocycles. The molecule has 0 atom stereocenters. The molecule has 104 valence electrons. The first-order chi connectivity index (χ1) is 9.11. The van der Waals surface area contributed by atoms with Gasteiger partial charge in [0, 0.05) is 19.7 Å². The Balaban J connectivity index is 2.16. The fourth-order valence-corrected chi connectivity index (χ4v) is 2.18. The third kappa shape index (κ3) is 3.10. The first-order valence-corrected chi connectivity index (χ1v) is 6.69. The van der Waals surface area contributed by atoms with E-state index in [1.807, 2.05) is 13.1 Å².